The third-order valence-electron chi connectivity index (χ3n) is 11.4. The fourth-order valence-corrected chi connectivity index (χ4v) is 8.66. The lowest BCUT2D eigenvalue weighted by atomic mass is 9.75. The fourth-order valence-electron chi connectivity index (χ4n) is 8.66. The summed E-state index contributed by atoms with van der Waals surface area (Å²) in [5, 5.41) is 7.65. The van der Waals surface area contributed by atoms with Crippen molar-refractivity contribution in [1.82, 2.24) is 0 Å². The van der Waals surface area contributed by atoms with E-state index in [1.165, 1.54) is 99.3 Å². The van der Waals surface area contributed by atoms with Crippen LogP contribution in [0.1, 0.15) is 31.9 Å². The molecule has 0 unspecified atom stereocenters. The molecule has 0 aliphatic heterocycles. The molecule has 9 aromatic rings. The summed E-state index contributed by atoms with van der Waals surface area (Å²) in [6.07, 6.45) is 0. The Morgan fingerprint density at radius 2 is 0.907 bits per heavy atom. The van der Waals surface area contributed by atoms with Gasteiger partial charge in [0.25, 0.3) is 0 Å². The van der Waals surface area contributed by atoms with Crippen LogP contribution in [0.3, 0.4) is 0 Å². The van der Waals surface area contributed by atoms with Crippen LogP contribution in [-0.4, -0.2) is 0 Å². The van der Waals surface area contributed by atoms with E-state index in [1.807, 2.05) is 0 Å². The van der Waals surface area contributed by atoms with Gasteiger partial charge in [0, 0.05) is 17.1 Å². The van der Waals surface area contributed by atoms with E-state index in [2.05, 4.69) is 209 Å². The van der Waals surface area contributed by atoms with Crippen LogP contribution in [0.15, 0.2) is 176 Å². The molecule has 9 aromatic carbocycles. The second-order valence-electron chi connectivity index (χ2n) is 15.8. The Morgan fingerprint density at radius 3 is 1.50 bits per heavy atom. The molecular weight excluding hydrogens is 651 g/mol. The molecule has 0 fully saturated rings. The van der Waals surface area contributed by atoms with Crippen LogP contribution in [0.5, 0.6) is 0 Å². The Bertz CT molecular complexity index is 2910. The van der Waals surface area contributed by atoms with E-state index in [-0.39, 0.29) is 5.41 Å². The van der Waals surface area contributed by atoms with E-state index < -0.39 is 0 Å². The topological polar surface area (TPSA) is 3.24 Å². The van der Waals surface area contributed by atoms with Crippen molar-refractivity contribution in [3.05, 3.63) is 187 Å². The largest absolute Gasteiger partial charge is 0.310 e. The lowest BCUT2D eigenvalue weighted by Crippen LogP contribution is -2.15. The Balaban J connectivity index is 1.18. The summed E-state index contributed by atoms with van der Waals surface area (Å²) in [6.45, 7) is 9.06. The van der Waals surface area contributed by atoms with Crippen LogP contribution >= 0.6 is 0 Å². The molecule has 0 spiro atoms. The zero-order chi connectivity index (χ0) is 36.6. The molecule has 0 saturated heterocycles. The monoisotopic (exact) mass is 691 g/mol. The summed E-state index contributed by atoms with van der Waals surface area (Å²) < 4.78 is 0. The van der Waals surface area contributed by atoms with Gasteiger partial charge in [0.15, 0.2) is 0 Å². The van der Waals surface area contributed by atoms with E-state index in [9.17, 15) is 0 Å². The Hall–Kier alpha value is -6.44. The molecule has 0 radical (unpaired) electrons. The number of hydrogen-bond donors (Lipinski definition) is 0. The summed E-state index contributed by atoms with van der Waals surface area (Å²) in [7, 11) is 0. The van der Waals surface area contributed by atoms with Crippen molar-refractivity contribution in [2.45, 2.75) is 33.1 Å². The predicted octanol–water partition coefficient (Wildman–Crippen LogP) is 15.2. The first kappa shape index (κ1) is 32.2. The number of nitrogens with zero attached hydrogens (tertiary/aromatic N) is 1. The minimum atomic E-state index is 0.0468. The summed E-state index contributed by atoms with van der Waals surface area (Å²) in [4.78, 5) is 2.42. The van der Waals surface area contributed by atoms with Crippen LogP contribution in [0.2, 0.25) is 0 Å². The van der Waals surface area contributed by atoms with Crippen molar-refractivity contribution < 1.29 is 0 Å². The van der Waals surface area contributed by atoms with Gasteiger partial charge in [-0.15, -0.1) is 0 Å². The second-order valence-corrected chi connectivity index (χ2v) is 15.8. The predicted molar refractivity (Wildman–Crippen MR) is 232 cm³/mol. The van der Waals surface area contributed by atoms with E-state index in [1.54, 1.807) is 0 Å². The molecular formula is C53H41N. The van der Waals surface area contributed by atoms with E-state index in [0.29, 0.717) is 0 Å². The first-order valence-corrected chi connectivity index (χ1v) is 19.0. The van der Waals surface area contributed by atoms with Gasteiger partial charge < -0.3 is 4.90 Å². The zero-order valence-corrected chi connectivity index (χ0v) is 31.2. The van der Waals surface area contributed by atoms with Gasteiger partial charge in [-0.1, -0.05) is 142 Å². The standard InChI is InChI=1S/C53H41N/c1-34-16-11-14-25-50(34)54(40-22-15-21-39(31-40)53(2,3)4)41-27-26-37-29-44-45(30-38(37)28-41)47-33-49-48(32-46(44)47)51(35-17-7-5-8-18-35)42-23-12-13-24-43(42)52(49)36-19-9-6-10-20-36/h5-33H,1-4H3. The average Bonchev–Trinajstić information content (AvgIpc) is 3.20. The normalized spacial score (nSPS) is 12.1. The van der Waals surface area contributed by atoms with Crippen molar-refractivity contribution >= 4 is 49.4 Å². The third kappa shape index (κ3) is 5.15. The molecule has 0 N–H and O–H groups in total. The highest BCUT2D eigenvalue weighted by atomic mass is 15.1. The van der Waals surface area contributed by atoms with Gasteiger partial charge in [-0.25, -0.2) is 0 Å². The maximum absolute atomic E-state index is 2.47. The summed E-state index contributed by atoms with van der Waals surface area (Å²) in [5.41, 5.74) is 16.5. The van der Waals surface area contributed by atoms with Crippen LogP contribution in [0, 0.1) is 6.92 Å². The van der Waals surface area contributed by atoms with E-state index >= 15 is 0 Å². The highest BCUT2D eigenvalue weighted by Gasteiger charge is 2.27. The van der Waals surface area contributed by atoms with E-state index in [0.717, 1.165) is 5.69 Å². The number of aryl methyl sites for hydroxylation is 1. The molecule has 0 atom stereocenters. The van der Waals surface area contributed by atoms with Crippen molar-refractivity contribution in [2.24, 2.45) is 0 Å². The Kier molecular flexibility index (Phi) is 7.35. The summed E-state index contributed by atoms with van der Waals surface area (Å²) in [6, 6.07) is 65.3. The van der Waals surface area contributed by atoms with Gasteiger partial charge >= 0.3 is 0 Å². The number of rotatable bonds is 5. The first-order chi connectivity index (χ1) is 26.3. The van der Waals surface area contributed by atoms with Gasteiger partial charge in [0.1, 0.15) is 0 Å². The molecule has 10 rings (SSSR count). The molecule has 0 saturated carbocycles. The highest BCUT2D eigenvalue weighted by Crippen LogP contribution is 2.54. The van der Waals surface area contributed by atoms with Crippen LogP contribution in [0.25, 0.3) is 76.8 Å². The molecule has 0 amide bonds. The molecule has 0 aromatic heterocycles. The molecule has 1 aliphatic rings. The Labute approximate surface area is 317 Å². The molecule has 0 heterocycles. The maximum atomic E-state index is 2.47. The van der Waals surface area contributed by atoms with Crippen molar-refractivity contribution in [3.63, 3.8) is 0 Å². The maximum Gasteiger partial charge on any atom is 0.0490 e. The minimum Gasteiger partial charge on any atom is -0.310 e. The van der Waals surface area contributed by atoms with Gasteiger partial charge in [0.2, 0.25) is 0 Å². The van der Waals surface area contributed by atoms with E-state index in [4.69, 9.17) is 0 Å². The molecule has 1 aliphatic carbocycles. The van der Waals surface area contributed by atoms with Gasteiger partial charge in [-0.2, -0.15) is 0 Å². The second kappa shape index (κ2) is 12.3. The molecule has 1 heteroatoms. The van der Waals surface area contributed by atoms with Crippen molar-refractivity contribution in [1.29, 1.82) is 0 Å². The first-order valence-electron chi connectivity index (χ1n) is 19.0. The smallest absolute Gasteiger partial charge is 0.0490 e. The molecule has 0 bridgehead atoms. The van der Waals surface area contributed by atoms with Crippen LogP contribution in [-0.2, 0) is 5.41 Å². The SMILES string of the molecule is Cc1ccccc1N(c1cccc(C(C)(C)C)c1)c1ccc2cc3c(cc2c1)-c1cc2c(-c4ccccc4)c4ccccc4c(-c4ccccc4)c2cc1-3. The van der Waals surface area contributed by atoms with Crippen LogP contribution < -0.4 is 4.90 Å². The lowest BCUT2D eigenvalue weighted by molar-refractivity contribution is 0.590. The Morgan fingerprint density at radius 1 is 0.389 bits per heavy atom. The molecule has 54 heavy (non-hydrogen) atoms. The minimum absolute atomic E-state index is 0.0468. The number of para-hydroxylation sites is 1. The lowest BCUT2D eigenvalue weighted by Gasteiger charge is -2.30. The fraction of sp³-hybridized carbons (Fsp3) is 0.0943. The van der Waals surface area contributed by atoms with Gasteiger partial charge in [-0.3, -0.25) is 0 Å². The summed E-state index contributed by atoms with van der Waals surface area (Å²) in [5.74, 6) is 0. The van der Waals surface area contributed by atoms with Crippen molar-refractivity contribution in [3.8, 4) is 44.5 Å². The number of fused-ring (bicyclic) bond motifs is 7. The molecule has 258 valence electrons. The quantitative estimate of drug-likeness (QED) is 0.162. The zero-order valence-electron chi connectivity index (χ0n) is 31.2. The number of hydrogen-bond acceptors (Lipinski definition) is 1. The average molecular weight is 692 g/mol. The highest BCUT2D eigenvalue weighted by molar-refractivity contribution is 6.24. The van der Waals surface area contributed by atoms with Crippen molar-refractivity contribution in [2.75, 3.05) is 4.90 Å². The van der Waals surface area contributed by atoms with Gasteiger partial charge in [0.05, 0.1) is 0 Å². The molecule has 1 nitrogen and oxygen atoms in total. The number of anilines is 3. The number of benzene rings is 9. The summed E-state index contributed by atoms with van der Waals surface area (Å²) >= 11 is 0. The third-order valence-corrected chi connectivity index (χ3v) is 11.4. The van der Waals surface area contributed by atoms with Gasteiger partial charge in [-0.05, 0) is 155 Å². The van der Waals surface area contributed by atoms with Crippen LogP contribution in [0.4, 0.5) is 17.1 Å².